The Morgan fingerprint density at radius 2 is 2.21 bits per heavy atom. The van der Waals surface area contributed by atoms with Gasteiger partial charge in [-0.3, -0.25) is 0 Å². The Morgan fingerprint density at radius 3 is 2.86 bits per heavy atom. The summed E-state index contributed by atoms with van der Waals surface area (Å²) in [7, 11) is 0. The van der Waals surface area contributed by atoms with Gasteiger partial charge < -0.3 is 0 Å². The molecule has 0 unspecified atom stereocenters. The lowest BCUT2D eigenvalue weighted by atomic mass is 10.1. The molecule has 1 rings (SSSR count). The Balaban J connectivity index is 3.00. The predicted molar refractivity (Wildman–Crippen MR) is 61.4 cm³/mol. The van der Waals surface area contributed by atoms with Crippen LogP contribution < -0.4 is 0 Å². The van der Waals surface area contributed by atoms with Crippen LogP contribution in [0.2, 0.25) is 5.02 Å². The topological polar surface area (TPSA) is 0 Å². The summed E-state index contributed by atoms with van der Waals surface area (Å²) in [6.45, 7) is 1.83. The van der Waals surface area contributed by atoms with Crippen LogP contribution in [-0.2, 0) is 0 Å². The number of hydrogen-bond donors (Lipinski definition) is 0. The third-order valence-corrected chi connectivity index (χ3v) is 2.49. The third kappa shape index (κ3) is 3.01. The van der Waals surface area contributed by atoms with Gasteiger partial charge in [-0.15, -0.1) is 0 Å². The van der Waals surface area contributed by atoms with E-state index in [-0.39, 0.29) is 5.82 Å². The van der Waals surface area contributed by atoms with Crippen LogP contribution in [-0.4, -0.2) is 5.33 Å². The van der Waals surface area contributed by atoms with Crippen LogP contribution in [0.5, 0.6) is 0 Å². The molecule has 0 heterocycles. The van der Waals surface area contributed by atoms with E-state index in [1.165, 1.54) is 6.07 Å². The van der Waals surface area contributed by atoms with Crippen LogP contribution in [0.15, 0.2) is 12.1 Å². The molecule has 1 aromatic carbocycles. The van der Waals surface area contributed by atoms with Gasteiger partial charge in [0.2, 0.25) is 0 Å². The summed E-state index contributed by atoms with van der Waals surface area (Å²) in [4.78, 5) is 0. The van der Waals surface area contributed by atoms with E-state index in [9.17, 15) is 4.39 Å². The number of hydrogen-bond acceptors (Lipinski definition) is 0. The molecule has 74 valence electrons. The fraction of sp³-hybridized carbons (Fsp3) is 0.273. The maximum atomic E-state index is 13.3. The SMILES string of the molecule is Cc1cc(C#CCCBr)c(F)cc1Cl. The quantitative estimate of drug-likeness (QED) is 0.538. The molecule has 0 bridgehead atoms. The van der Waals surface area contributed by atoms with Crippen molar-refractivity contribution in [3.8, 4) is 11.8 Å². The van der Waals surface area contributed by atoms with Crippen LogP contribution in [0.25, 0.3) is 0 Å². The molecule has 3 heteroatoms. The van der Waals surface area contributed by atoms with E-state index in [2.05, 4.69) is 27.8 Å². The fourth-order valence-corrected chi connectivity index (χ4v) is 1.31. The van der Waals surface area contributed by atoms with E-state index in [0.29, 0.717) is 17.0 Å². The second kappa shape index (κ2) is 5.38. The largest absolute Gasteiger partial charge is 0.206 e. The van der Waals surface area contributed by atoms with Crippen LogP contribution in [0.1, 0.15) is 17.5 Å². The second-order valence-corrected chi connectivity index (χ2v) is 4.02. The average Bonchev–Trinajstić information content (AvgIpc) is 2.14. The Morgan fingerprint density at radius 1 is 1.50 bits per heavy atom. The van der Waals surface area contributed by atoms with E-state index in [4.69, 9.17) is 11.6 Å². The highest BCUT2D eigenvalue weighted by atomic mass is 79.9. The van der Waals surface area contributed by atoms with E-state index < -0.39 is 0 Å². The highest BCUT2D eigenvalue weighted by molar-refractivity contribution is 9.09. The van der Waals surface area contributed by atoms with E-state index in [1.54, 1.807) is 6.07 Å². The first kappa shape index (κ1) is 11.6. The molecule has 0 aliphatic heterocycles. The summed E-state index contributed by atoms with van der Waals surface area (Å²) in [6.07, 6.45) is 0.709. The smallest absolute Gasteiger partial charge is 0.140 e. The average molecular weight is 276 g/mol. The molecule has 0 saturated carbocycles. The number of benzene rings is 1. The van der Waals surface area contributed by atoms with Gasteiger partial charge in [0, 0.05) is 16.8 Å². The summed E-state index contributed by atoms with van der Waals surface area (Å²) < 4.78 is 13.3. The Kier molecular flexibility index (Phi) is 4.44. The summed E-state index contributed by atoms with van der Waals surface area (Å²) >= 11 is 9.00. The lowest BCUT2D eigenvalue weighted by Gasteiger charge is -1.99. The van der Waals surface area contributed by atoms with Crippen molar-refractivity contribution < 1.29 is 4.39 Å². The molecule has 0 aromatic heterocycles. The van der Waals surface area contributed by atoms with Gasteiger partial charge >= 0.3 is 0 Å². The Bertz CT molecular complexity index is 390. The number of alkyl halides is 1. The lowest BCUT2D eigenvalue weighted by Crippen LogP contribution is -1.86. The zero-order valence-corrected chi connectivity index (χ0v) is 10.0. The molecule has 0 atom stereocenters. The third-order valence-electron chi connectivity index (χ3n) is 1.69. The first-order valence-electron chi connectivity index (χ1n) is 4.15. The summed E-state index contributed by atoms with van der Waals surface area (Å²) in [5.41, 5.74) is 1.25. The van der Waals surface area contributed by atoms with Gasteiger partial charge in [0.1, 0.15) is 5.82 Å². The van der Waals surface area contributed by atoms with Crippen molar-refractivity contribution in [3.63, 3.8) is 0 Å². The first-order chi connectivity index (χ1) is 6.65. The molecule has 14 heavy (non-hydrogen) atoms. The van der Waals surface area contributed by atoms with Gasteiger partial charge in [0.15, 0.2) is 0 Å². The van der Waals surface area contributed by atoms with Crippen molar-refractivity contribution in [3.05, 3.63) is 34.1 Å². The second-order valence-electron chi connectivity index (χ2n) is 2.82. The monoisotopic (exact) mass is 274 g/mol. The first-order valence-corrected chi connectivity index (χ1v) is 5.65. The molecule has 0 aliphatic rings. The van der Waals surface area contributed by atoms with Gasteiger partial charge in [-0.25, -0.2) is 4.39 Å². The Hall–Kier alpha value is -0.520. The highest BCUT2D eigenvalue weighted by Gasteiger charge is 2.02. The normalized spacial score (nSPS) is 9.43. The maximum absolute atomic E-state index is 13.3. The molecular formula is C11H9BrClF. The molecule has 0 nitrogen and oxygen atoms in total. The van der Waals surface area contributed by atoms with Crippen molar-refractivity contribution in [2.45, 2.75) is 13.3 Å². The summed E-state index contributed by atoms with van der Waals surface area (Å²) in [5, 5.41) is 1.24. The lowest BCUT2D eigenvalue weighted by molar-refractivity contribution is 0.624. The zero-order chi connectivity index (χ0) is 10.6. The zero-order valence-electron chi connectivity index (χ0n) is 7.70. The maximum Gasteiger partial charge on any atom is 0.140 e. The molecule has 1 aromatic rings. The van der Waals surface area contributed by atoms with Crippen LogP contribution >= 0.6 is 27.5 Å². The van der Waals surface area contributed by atoms with Crippen molar-refractivity contribution in [2.75, 3.05) is 5.33 Å². The molecule has 0 radical (unpaired) electrons. The van der Waals surface area contributed by atoms with E-state index in [0.717, 1.165) is 10.9 Å². The predicted octanol–water partition coefficient (Wildman–Crippen LogP) is 3.92. The molecule has 0 spiro atoms. The van der Waals surface area contributed by atoms with Crippen LogP contribution in [0.3, 0.4) is 0 Å². The van der Waals surface area contributed by atoms with Crippen LogP contribution in [0.4, 0.5) is 4.39 Å². The number of halogens is 3. The van der Waals surface area contributed by atoms with Gasteiger partial charge in [-0.2, -0.15) is 0 Å². The summed E-state index contributed by atoms with van der Waals surface area (Å²) in [6, 6.07) is 2.97. The molecule has 0 saturated heterocycles. The van der Waals surface area contributed by atoms with E-state index >= 15 is 0 Å². The molecule has 0 fully saturated rings. The van der Waals surface area contributed by atoms with Crippen molar-refractivity contribution in [2.24, 2.45) is 0 Å². The van der Waals surface area contributed by atoms with Crippen LogP contribution in [0, 0.1) is 24.6 Å². The fourth-order valence-electron chi connectivity index (χ4n) is 0.958. The van der Waals surface area contributed by atoms with Gasteiger partial charge in [-0.05, 0) is 24.6 Å². The minimum Gasteiger partial charge on any atom is -0.206 e. The standard InChI is InChI=1S/C11H9BrClF/c1-8-6-9(4-2-3-5-12)11(14)7-10(8)13/h6-7H,3,5H2,1H3. The van der Waals surface area contributed by atoms with Crippen molar-refractivity contribution >= 4 is 27.5 Å². The van der Waals surface area contributed by atoms with E-state index in [1.807, 2.05) is 6.92 Å². The minimum absolute atomic E-state index is 0.359. The Labute approximate surface area is 96.6 Å². The molecule has 0 aliphatic carbocycles. The molecule has 0 N–H and O–H groups in total. The summed E-state index contributed by atoms with van der Waals surface area (Å²) in [5.74, 6) is 5.27. The van der Waals surface area contributed by atoms with Gasteiger partial charge in [0.05, 0.1) is 5.56 Å². The molecular weight excluding hydrogens is 266 g/mol. The van der Waals surface area contributed by atoms with Gasteiger partial charge in [0.25, 0.3) is 0 Å². The van der Waals surface area contributed by atoms with Gasteiger partial charge in [-0.1, -0.05) is 39.4 Å². The van der Waals surface area contributed by atoms with Crippen molar-refractivity contribution in [1.29, 1.82) is 0 Å². The number of aryl methyl sites for hydroxylation is 1. The molecule has 0 amide bonds. The number of rotatable bonds is 1. The highest BCUT2D eigenvalue weighted by Crippen LogP contribution is 2.19. The minimum atomic E-state index is -0.359. The van der Waals surface area contributed by atoms with Crippen molar-refractivity contribution in [1.82, 2.24) is 0 Å².